The molecule has 0 rings (SSSR count). The molecule has 21 heavy (non-hydrogen) atoms. The van der Waals surface area contributed by atoms with E-state index in [-0.39, 0.29) is 0 Å². The topological polar surface area (TPSA) is 54.4 Å². The molecular formula is C18H30O3. The summed E-state index contributed by atoms with van der Waals surface area (Å²) in [5.41, 5.74) is 0. The SMILES string of the molecule is CCCCCCCCCCCC=CCC=CC(=O)C(=O)O. The Morgan fingerprint density at radius 2 is 1.38 bits per heavy atom. The third-order valence-corrected chi connectivity index (χ3v) is 3.39. The van der Waals surface area contributed by atoms with Crippen molar-refractivity contribution in [2.75, 3.05) is 0 Å². The molecule has 0 radical (unpaired) electrons. The van der Waals surface area contributed by atoms with E-state index >= 15 is 0 Å². The smallest absolute Gasteiger partial charge is 0.376 e. The highest BCUT2D eigenvalue weighted by Gasteiger charge is 2.04. The summed E-state index contributed by atoms with van der Waals surface area (Å²) in [4.78, 5) is 21.0. The molecule has 1 N–H and O–H groups in total. The molecule has 0 amide bonds. The van der Waals surface area contributed by atoms with Crippen molar-refractivity contribution in [1.82, 2.24) is 0 Å². The highest BCUT2D eigenvalue weighted by molar-refractivity contribution is 6.37. The number of carboxylic acid groups (broad SMARTS) is 1. The molecule has 0 aliphatic carbocycles. The molecule has 0 saturated heterocycles. The Balaban J connectivity index is 3.29. The summed E-state index contributed by atoms with van der Waals surface area (Å²) in [6.45, 7) is 2.24. The first-order valence-corrected chi connectivity index (χ1v) is 8.27. The molecule has 0 unspecified atom stereocenters. The van der Waals surface area contributed by atoms with Crippen LogP contribution >= 0.6 is 0 Å². The summed E-state index contributed by atoms with van der Waals surface area (Å²) < 4.78 is 0. The average molecular weight is 294 g/mol. The fraction of sp³-hybridized carbons (Fsp3) is 0.667. The van der Waals surface area contributed by atoms with Crippen LogP contribution in [0.3, 0.4) is 0 Å². The Labute approximate surface area is 129 Å². The average Bonchev–Trinajstić information content (AvgIpc) is 2.47. The molecule has 0 heterocycles. The second kappa shape index (κ2) is 15.0. The number of ketones is 1. The number of carbonyl (C=O) groups excluding carboxylic acids is 1. The van der Waals surface area contributed by atoms with Gasteiger partial charge in [0.05, 0.1) is 0 Å². The quantitative estimate of drug-likeness (QED) is 0.211. The highest BCUT2D eigenvalue weighted by atomic mass is 16.4. The maximum atomic E-state index is 10.8. The van der Waals surface area contributed by atoms with Crippen LogP contribution in [0.1, 0.15) is 77.6 Å². The van der Waals surface area contributed by atoms with Gasteiger partial charge in [0.1, 0.15) is 0 Å². The van der Waals surface area contributed by atoms with Gasteiger partial charge in [-0.2, -0.15) is 0 Å². The Morgan fingerprint density at radius 1 is 0.810 bits per heavy atom. The molecule has 3 heteroatoms. The number of carbonyl (C=O) groups is 2. The van der Waals surface area contributed by atoms with Gasteiger partial charge in [-0.15, -0.1) is 0 Å². The number of rotatable bonds is 14. The van der Waals surface area contributed by atoms with Crippen LogP contribution in [0, 0.1) is 0 Å². The number of hydrogen-bond donors (Lipinski definition) is 1. The second-order valence-electron chi connectivity index (χ2n) is 5.40. The lowest BCUT2D eigenvalue weighted by Crippen LogP contribution is -2.08. The van der Waals surface area contributed by atoms with E-state index in [1.54, 1.807) is 6.08 Å². The van der Waals surface area contributed by atoms with E-state index in [0.29, 0.717) is 6.42 Å². The van der Waals surface area contributed by atoms with Crippen LogP contribution in [0.25, 0.3) is 0 Å². The van der Waals surface area contributed by atoms with Crippen molar-refractivity contribution >= 4 is 11.8 Å². The van der Waals surface area contributed by atoms with Gasteiger partial charge in [0, 0.05) is 0 Å². The summed E-state index contributed by atoms with van der Waals surface area (Å²) in [5.74, 6) is -2.26. The zero-order valence-electron chi connectivity index (χ0n) is 13.4. The molecule has 0 atom stereocenters. The van der Waals surface area contributed by atoms with E-state index in [4.69, 9.17) is 5.11 Å². The molecule has 0 bridgehead atoms. The van der Waals surface area contributed by atoms with Gasteiger partial charge in [0.15, 0.2) is 0 Å². The lowest BCUT2D eigenvalue weighted by Gasteiger charge is -2.00. The van der Waals surface area contributed by atoms with Crippen LogP contribution in [-0.2, 0) is 9.59 Å². The van der Waals surface area contributed by atoms with Gasteiger partial charge in [0.2, 0.25) is 0 Å². The molecule has 0 aromatic rings. The van der Waals surface area contributed by atoms with Crippen LogP contribution in [0.5, 0.6) is 0 Å². The van der Waals surface area contributed by atoms with Crippen molar-refractivity contribution in [3.8, 4) is 0 Å². The minimum absolute atomic E-state index is 0.621. The molecule has 0 aliphatic heterocycles. The number of allylic oxidation sites excluding steroid dienone is 3. The third-order valence-electron chi connectivity index (χ3n) is 3.39. The highest BCUT2D eigenvalue weighted by Crippen LogP contribution is 2.10. The van der Waals surface area contributed by atoms with Gasteiger partial charge in [-0.05, 0) is 25.3 Å². The van der Waals surface area contributed by atoms with Gasteiger partial charge < -0.3 is 5.11 Å². The molecule has 0 aromatic heterocycles. The monoisotopic (exact) mass is 294 g/mol. The Bertz CT molecular complexity index is 329. The Morgan fingerprint density at radius 3 is 1.95 bits per heavy atom. The second-order valence-corrected chi connectivity index (χ2v) is 5.40. The molecule has 0 fully saturated rings. The summed E-state index contributed by atoms with van der Waals surface area (Å²) in [6.07, 6.45) is 20.5. The predicted molar refractivity (Wildman–Crippen MR) is 87.4 cm³/mol. The first-order valence-electron chi connectivity index (χ1n) is 8.27. The largest absolute Gasteiger partial charge is 0.475 e. The lowest BCUT2D eigenvalue weighted by atomic mass is 10.1. The van der Waals surface area contributed by atoms with Crippen molar-refractivity contribution in [3.63, 3.8) is 0 Å². The number of carboxylic acids is 1. The van der Waals surface area contributed by atoms with Crippen molar-refractivity contribution in [2.24, 2.45) is 0 Å². The van der Waals surface area contributed by atoms with Gasteiger partial charge in [-0.25, -0.2) is 4.79 Å². The first-order chi connectivity index (χ1) is 10.2. The van der Waals surface area contributed by atoms with E-state index in [0.717, 1.165) is 12.5 Å². The number of aliphatic carboxylic acids is 1. The summed E-state index contributed by atoms with van der Waals surface area (Å²) >= 11 is 0. The first kappa shape index (κ1) is 19.6. The van der Waals surface area contributed by atoms with E-state index in [1.165, 1.54) is 57.8 Å². The molecular weight excluding hydrogens is 264 g/mol. The molecule has 0 spiro atoms. The molecule has 0 saturated carbocycles. The lowest BCUT2D eigenvalue weighted by molar-refractivity contribution is -0.146. The van der Waals surface area contributed by atoms with E-state index in [1.807, 2.05) is 6.08 Å². The van der Waals surface area contributed by atoms with E-state index in [9.17, 15) is 9.59 Å². The summed E-state index contributed by atoms with van der Waals surface area (Å²) in [6, 6.07) is 0. The minimum Gasteiger partial charge on any atom is -0.475 e. The van der Waals surface area contributed by atoms with Gasteiger partial charge in [-0.3, -0.25) is 4.79 Å². The van der Waals surface area contributed by atoms with Crippen molar-refractivity contribution in [3.05, 3.63) is 24.3 Å². The normalized spacial score (nSPS) is 11.5. The molecule has 0 aliphatic rings. The summed E-state index contributed by atoms with van der Waals surface area (Å²) in [5, 5.41) is 8.37. The molecule has 0 aromatic carbocycles. The standard InChI is InChI=1S/C18H30O3/c1-2-3-4-5-6-7-8-9-10-11-12-13-14-15-16-17(19)18(20)21/h12-13,15-16H,2-11,14H2,1H3,(H,20,21). The van der Waals surface area contributed by atoms with Gasteiger partial charge in [0.25, 0.3) is 5.78 Å². The molecule has 3 nitrogen and oxygen atoms in total. The van der Waals surface area contributed by atoms with E-state index in [2.05, 4.69) is 13.0 Å². The maximum absolute atomic E-state index is 10.8. The van der Waals surface area contributed by atoms with Crippen LogP contribution in [0.4, 0.5) is 0 Å². The summed E-state index contributed by atoms with van der Waals surface area (Å²) in [7, 11) is 0. The predicted octanol–water partition coefficient (Wildman–Crippen LogP) is 5.06. The maximum Gasteiger partial charge on any atom is 0.376 e. The number of unbranched alkanes of at least 4 members (excludes halogenated alkanes) is 9. The zero-order chi connectivity index (χ0) is 15.8. The van der Waals surface area contributed by atoms with Crippen LogP contribution in [-0.4, -0.2) is 16.9 Å². The van der Waals surface area contributed by atoms with Crippen LogP contribution in [0.2, 0.25) is 0 Å². The minimum atomic E-state index is -1.40. The van der Waals surface area contributed by atoms with Crippen LogP contribution in [0.15, 0.2) is 24.3 Å². The van der Waals surface area contributed by atoms with E-state index < -0.39 is 11.8 Å². The third kappa shape index (κ3) is 14.8. The van der Waals surface area contributed by atoms with Crippen LogP contribution < -0.4 is 0 Å². The molecule has 120 valence electrons. The zero-order valence-corrected chi connectivity index (χ0v) is 13.4. The van der Waals surface area contributed by atoms with Gasteiger partial charge >= 0.3 is 5.97 Å². The Hall–Kier alpha value is -1.38. The van der Waals surface area contributed by atoms with Gasteiger partial charge in [-0.1, -0.05) is 76.5 Å². The van der Waals surface area contributed by atoms with Crippen molar-refractivity contribution < 1.29 is 14.7 Å². The fourth-order valence-electron chi connectivity index (χ4n) is 2.11. The van der Waals surface area contributed by atoms with Crippen molar-refractivity contribution in [1.29, 1.82) is 0 Å². The van der Waals surface area contributed by atoms with Crippen molar-refractivity contribution in [2.45, 2.75) is 77.6 Å². The number of hydrogen-bond acceptors (Lipinski definition) is 2. The fourth-order valence-corrected chi connectivity index (χ4v) is 2.11. The Kier molecular flexibility index (Phi) is 14.0.